The number of nitrogens with one attached hydrogen (secondary N) is 1. The number of aromatic nitrogens is 3. The number of hydrogen-bond acceptors (Lipinski definition) is 8. The lowest BCUT2D eigenvalue weighted by Crippen LogP contribution is -2.43. The molecular weight excluding hydrogens is 540 g/mol. The maximum absolute atomic E-state index is 16.5. The molecule has 3 aliphatic heterocycles. The van der Waals surface area contributed by atoms with E-state index in [0.717, 1.165) is 38.8 Å². The van der Waals surface area contributed by atoms with Crippen LogP contribution in [0.1, 0.15) is 51.1 Å². The second-order valence-corrected chi connectivity index (χ2v) is 11.2. The number of rotatable bonds is 6. The van der Waals surface area contributed by atoms with Crippen LogP contribution in [0.3, 0.4) is 0 Å². The third-order valence-corrected chi connectivity index (χ3v) is 8.58. The molecule has 0 aliphatic carbocycles. The molecule has 220 valence electrons. The summed E-state index contributed by atoms with van der Waals surface area (Å²) < 4.78 is 37.8. The number of carbonyl (C=O) groups is 1. The second-order valence-electron chi connectivity index (χ2n) is 11.2. The Labute approximate surface area is 243 Å². The molecule has 3 fully saturated rings. The summed E-state index contributed by atoms with van der Waals surface area (Å²) in [5, 5.41) is 3.71. The summed E-state index contributed by atoms with van der Waals surface area (Å²) in [5.41, 5.74) is -0.165. The Kier molecular flexibility index (Phi) is 7.85. The van der Waals surface area contributed by atoms with Crippen molar-refractivity contribution in [2.24, 2.45) is 4.99 Å². The molecule has 0 radical (unpaired) electrons. The van der Waals surface area contributed by atoms with E-state index in [2.05, 4.69) is 31.8 Å². The summed E-state index contributed by atoms with van der Waals surface area (Å²) in [6.07, 6.45) is 8.25. The Morgan fingerprint density at radius 2 is 1.98 bits per heavy atom. The molecule has 0 atom stereocenters. The minimum Gasteiger partial charge on any atom is -0.461 e. The normalized spacial score (nSPS) is 20.0. The predicted octanol–water partition coefficient (Wildman–Crippen LogP) is 2.68. The van der Waals surface area contributed by atoms with Gasteiger partial charge in [0.1, 0.15) is 35.1 Å². The molecule has 0 spiro atoms. The smallest absolute Gasteiger partial charge is 0.319 e. The van der Waals surface area contributed by atoms with Gasteiger partial charge in [-0.1, -0.05) is 18.7 Å². The van der Waals surface area contributed by atoms with Crippen LogP contribution in [0.4, 0.5) is 14.6 Å². The van der Waals surface area contributed by atoms with Crippen LogP contribution in [0.5, 0.6) is 6.01 Å². The minimum absolute atomic E-state index is 0.00413. The fourth-order valence-electron chi connectivity index (χ4n) is 6.51. The van der Waals surface area contributed by atoms with Crippen molar-refractivity contribution >= 4 is 41.1 Å². The number of hydrogen-bond donors (Lipinski definition) is 1. The van der Waals surface area contributed by atoms with Gasteiger partial charge in [-0.25, -0.2) is 8.78 Å². The van der Waals surface area contributed by atoms with E-state index in [4.69, 9.17) is 9.72 Å². The Balaban J connectivity index is 1.50. The summed E-state index contributed by atoms with van der Waals surface area (Å²) in [4.78, 5) is 34.7. The molecule has 3 saturated heterocycles. The maximum atomic E-state index is 16.5. The first kappa shape index (κ1) is 28.1. The molecule has 5 heterocycles. The van der Waals surface area contributed by atoms with Crippen LogP contribution in [0.2, 0.25) is 0 Å². The van der Waals surface area contributed by atoms with E-state index < -0.39 is 11.6 Å². The zero-order chi connectivity index (χ0) is 29.3. The predicted molar refractivity (Wildman–Crippen MR) is 158 cm³/mol. The lowest BCUT2D eigenvalue weighted by molar-refractivity contribution is -0.121. The van der Waals surface area contributed by atoms with Crippen molar-refractivity contribution in [3.63, 3.8) is 0 Å². The SMILES string of the molecule is C=c1cccc(F)/c1=C(/N=CC)c1ncc2c(N3CCCNC(=O)CC3)nc(OCC34CCCN3CCC4)nc2c1F. The first-order valence-electron chi connectivity index (χ1n) is 14.6. The average Bonchev–Trinajstić information content (AvgIpc) is 3.55. The molecular formula is C31H35F2N7O2. The molecule has 0 unspecified atom stereocenters. The number of amides is 1. The highest BCUT2D eigenvalue weighted by Gasteiger charge is 2.45. The van der Waals surface area contributed by atoms with Crippen molar-refractivity contribution in [2.45, 2.75) is 51.0 Å². The molecule has 2 aromatic heterocycles. The Bertz CT molecular complexity index is 1650. The zero-order valence-electron chi connectivity index (χ0n) is 23.8. The van der Waals surface area contributed by atoms with Gasteiger partial charge >= 0.3 is 6.01 Å². The minimum atomic E-state index is -0.754. The summed E-state index contributed by atoms with van der Waals surface area (Å²) in [7, 11) is 0. The number of aliphatic imine (C=N–C) groups is 1. The van der Waals surface area contributed by atoms with Gasteiger partial charge in [-0.3, -0.25) is 19.7 Å². The fraction of sp³-hybridized carbons (Fsp3) is 0.452. The molecule has 1 aromatic carbocycles. The summed E-state index contributed by atoms with van der Waals surface area (Å²) in [5.74, 6) is -0.921. The number of anilines is 1. The fourth-order valence-corrected chi connectivity index (χ4v) is 6.51. The Hall–Kier alpha value is -3.99. The van der Waals surface area contributed by atoms with Gasteiger partial charge in [0.2, 0.25) is 5.91 Å². The Morgan fingerprint density at radius 3 is 2.74 bits per heavy atom. The van der Waals surface area contributed by atoms with Crippen molar-refractivity contribution < 1.29 is 18.3 Å². The summed E-state index contributed by atoms with van der Waals surface area (Å²) >= 11 is 0. The van der Waals surface area contributed by atoms with Gasteiger partial charge in [0, 0.05) is 43.7 Å². The molecule has 0 bridgehead atoms. The van der Waals surface area contributed by atoms with E-state index in [9.17, 15) is 4.79 Å². The number of ether oxygens (including phenoxy) is 1. The van der Waals surface area contributed by atoms with Crippen LogP contribution in [0.15, 0.2) is 29.4 Å². The van der Waals surface area contributed by atoms with E-state index in [1.54, 1.807) is 19.1 Å². The summed E-state index contributed by atoms with van der Waals surface area (Å²) in [6, 6.07) is 4.53. The maximum Gasteiger partial charge on any atom is 0.319 e. The molecule has 0 saturated carbocycles. The monoisotopic (exact) mass is 575 g/mol. The van der Waals surface area contributed by atoms with Crippen LogP contribution in [-0.4, -0.2) is 76.8 Å². The van der Waals surface area contributed by atoms with Crippen molar-refractivity contribution in [2.75, 3.05) is 44.2 Å². The van der Waals surface area contributed by atoms with E-state index in [1.807, 2.05) is 4.90 Å². The molecule has 3 aromatic rings. The molecule has 11 heteroatoms. The van der Waals surface area contributed by atoms with E-state index in [1.165, 1.54) is 18.5 Å². The van der Waals surface area contributed by atoms with Gasteiger partial charge in [-0.05, 0) is 63.4 Å². The van der Waals surface area contributed by atoms with E-state index in [0.29, 0.717) is 49.1 Å². The van der Waals surface area contributed by atoms with Crippen molar-refractivity contribution in [3.05, 3.63) is 52.2 Å². The highest BCUT2D eigenvalue weighted by Crippen LogP contribution is 2.39. The number of pyridine rings is 1. The molecule has 9 nitrogen and oxygen atoms in total. The average molecular weight is 576 g/mol. The van der Waals surface area contributed by atoms with E-state index in [-0.39, 0.29) is 46.0 Å². The largest absolute Gasteiger partial charge is 0.461 e. The van der Waals surface area contributed by atoms with Crippen LogP contribution in [-0.2, 0) is 4.79 Å². The number of halogens is 2. The standard InChI is InChI=1S/C31H35F2N7O2/c1-3-34-27(24-20(2)8-4-9-22(24)32)28-25(33)26-21(18-36-28)29(39-14-7-13-35-23(41)10-17-39)38-30(37-26)42-19-31-11-5-15-40(31)16-6-12-31/h3-4,8-9,18H,2,5-7,10-17,19H2,1H3,(H,35,41)/b27-24+,34-3?. The quantitative estimate of drug-likeness (QED) is 0.452. The van der Waals surface area contributed by atoms with Crippen molar-refractivity contribution in [3.8, 4) is 6.01 Å². The highest BCUT2D eigenvalue weighted by atomic mass is 19.1. The lowest BCUT2D eigenvalue weighted by atomic mass is 9.95. The number of fused-ring (bicyclic) bond motifs is 2. The van der Waals surface area contributed by atoms with Gasteiger partial charge in [-0.15, -0.1) is 0 Å². The highest BCUT2D eigenvalue weighted by molar-refractivity contribution is 5.92. The van der Waals surface area contributed by atoms with Gasteiger partial charge in [0.05, 0.1) is 10.9 Å². The van der Waals surface area contributed by atoms with Gasteiger partial charge in [0.15, 0.2) is 5.82 Å². The van der Waals surface area contributed by atoms with Crippen molar-refractivity contribution in [1.82, 2.24) is 25.2 Å². The van der Waals surface area contributed by atoms with Gasteiger partial charge in [-0.2, -0.15) is 9.97 Å². The summed E-state index contributed by atoms with van der Waals surface area (Å²) in [6.45, 7) is 9.65. The molecule has 3 aliphatic rings. The molecule has 6 rings (SSSR count). The van der Waals surface area contributed by atoms with Gasteiger partial charge < -0.3 is 15.0 Å². The third kappa shape index (κ3) is 5.21. The molecule has 1 N–H and O–H groups in total. The lowest BCUT2D eigenvalue weighted by Gasteiger charge is -2.31. The van der Waals surface area contributed by atoms with Crippen LogP contribution >= 0.6 is 0 Å². The van der Waals surface area contributed by atoms with Gasteiger partial charge in [0.25, 0.3) is 0 Å². The number of carbonyl (C=O) groups excluding carboxylic acids is 1. The van der Waals surface area contributed by atoms with Crippen LogP contribution < -0.4 is 25.4 Å². The molecule has 1 amide bonds. The Morgan fingerprint density at radius 1 is 1.17 bits per heavy atom. The number of nitrogens with zero attached hydrogens (tertiary/aromatic N) is 6. The zero-order valence-corrected chi connectivity index (χ0v) is 23.8. The number of benzene rings is 1. The molecule has 42 heavy (non-hydrogen) atoms. The van der Waals surface area contributed by atoms with E-state index >= 15 is 8.78 Å². The first-order chi connectivity index (χ1) is 20.4. The third-order valence-electron chi connectivity index (χ3n) is 8.58. The first-order valence-corrected chi connectivity index (χ1v) is 14.6. The topological polar surface area (TPSA) is 95.8 Å². The van der Waals surface area contributed by atoms with Crippen LogP contribution in [0, 0.1) is 11.6 Å². The van der Waals surface area contributed by atoms with Crippen LogP contribution in [0.25, 0.3) is 23.2 Å². The second kappa shape index (κ2) is 11.7. The van der Waals surface area contributed by atoms with Crippen molar-refractivity contribution in [1.29, 1.82) is 0 Å².